The topological polar surface area (TPSA) is 89.6 Å². The van der Waals surface area contributed by atoms with Gasteiger partial charge in [-0.3, -0.25) is 0 Å². The van der Waals surface area contributed by atoms with Crippen LogP contribution in [0.5, 0.6) is 0 Å². The number of carboxylic acid groups (broad SMARTS) is 1. The molecule has 0 aromatic heterocycles. The zero-order valence-corrected chi connectivity index (χ0v) is 18.4. The fourth-order valence-electron chi connectivity index (χ4n) is 3.68. The molecule has 0 rings (SSSR count). The molecule has 26 heavy (non-hydrogen) atoms. The van der Waals surface area contributed by atoms with E-state index < -0.39 is 24.8 Å². The molecule has 0 fully saturated rings. The van der Waals surface area contributed by atoms with E-state index in [1.165, 1.54) is 0 Å². The number of hydrogen-bond acceptors (Lipinski definition) is 4. The Morgan fingerprint density at radius 1 is 0.846 bits per heavy atom. The van der Waals surface area contributed by atoms with Gasteiger partial charge in [-0.05, 0) is 0 Å². The van der Waals surface area contributed by atoms with Crippen molar-refractivity contribution < 1.29 is 19.2 Å². The van der Waals surface area contributed by atoms with Crippen LogP contribution < -0.4 is 5.73 Å². The van der Waals surface area contributed by atoms with Crippen LogP contribution in [0.25, 0.3) is 0 Å². The zero-order chi connectivity index (χ0) is 20.1. The molecule has 0 aromatic carbocycles. The van der Waals surface area contributed by atoms with Gasteiger partial charge in [0.05, 0.1) is 0 Å². The Morgan fingerprint density at radius 2 is 1.19 bits per heavy atom. The van der Waals surface area contributed by atoms with Gasteiger partial charge in [0.1, 0.15) is 0 Å². The number of aliphatic carboxylic acids is 1. The first-order valence-corrected chi connectivity index (χ1v) is 13.4. The fraction of sp³-hybridized carbons (Fsp3) is 0.900. The van der Waals surface area contributed by atoms with E-state index in [-0.39, 0.29) is 6.42 Å². The molecule has 5 nitrogen and oxygen atoms in total. The number of unbranched alkanes of at least 4 members (excludes halogenated alkanes) is 4. The van der Waals surface area contributed by atoms with Gasteiger partial charge in [-0.1, -0.05) is 0 Å². The molecule has 0 saturated carbocycles. The van der Waals surface area contributed by atoms with E-state index in [0.29, 0.717) is 0 Å². The average molecular weight is 392 g/mol. The van der Waals surface area contributed by atoms with Gasteiger partial charge in [0.15, 0.2) is 0 Å². The minimum absolute atomic E-state index is 0.367. The number of carboxylic acids is 1. The molecular formula is C20H42NO4P. The van der Waals surface area contributed by atoms with Crippen LogP contribution in [0.2, 0.25) is 0 Å². The molecule has 0 aromatic rings. The predicted molar refractivity (Wildman–Crippen MR) is 112 cm³/mol. The molecule has 6 heteroatoms. The van der Waals surface area contributed by atoms with Crippen LogP contribution in [0.1, 0.15) is 85.5 Å². The van der Waals surface area contributed by atoms with Crippen LogP contribution >= 0.6 is 6.83 Å². The summed E-state index contributed by atoms with van der Waals surface area (Å²) in [4.78, 5) is 23.7. The summed E-state index contributed by atoms with van der Waals surface area (Å²) in [5.41, 5.74) is 5.86. The van der Waals surface area contributed by atoms with Gasteiger partial charge in [0, 0.05) is 0 Å². The van der Waals surface area contributed by atoms with Crippen LogP contribution in [0.15, 0.2) is 0 Å². The van der Waals surface area contributed by atoms with E-state index in [1.54, 1.807) is 0 Å². The molecule has 0 amide bonds. The van der Waals surface area contributed by atoms with Gasteiger partial charge in [-0.15, -0.1) is 0 Å². The van der Waals surface area contributed by atoms with Gasteiger partial charge in [-0.2, -0.15) is 0 Å². The molecule has 1 atom stereocenters. The fourth-order valence-corrected chi connectivity index (χ4v) is 10.5. The van der Waals surface area contributed by atoms with Crippen molar-refractivity contribution in [3.63, 3.8) is 0 Å². The summed E-state index contributed by atoms with van der Waals surface area (Å²) in [6.07, 6.45) is 12.0. The normalized spacial score (nSPS) is 14.4. The van der Waals surface area contributed by atoms with Crippen LogP contribution in [0.3, 0.4) is 0 Å². The van der Waals surface area contributed by atoms with Gasteiger partial charge in [-0.25, -0.2) is 0 Å². The maximum atomic E-state index is 12.8. The summed E-state index contributed by atoms with van der Waals surface area (Å²) < 4.78 is 6.40. The molecule has 0 aliphatic heterocycles. The van der Waals surface area contributed by atoms with Crippen molar-refractivity contribution in [3.8, 4) is 0 Å². The van der Waals surface area contributed by atoms with Crippen molar-refractivity contribution in [2.75, 3.05) is 24.6 Å². The number of rotatable bonds is 16. The van der Waals surface area contributed by atoms with E-state index in [0.717, 1.165) is 76.0 Å². The van der Waals surface area contributed by atoms with Gasteiger partial charge in [0.2, 0.25) is 0 Å². The van der Waals surface area contributed by atoms with E-state index in [2.05, 4.69) is 27.7 Å². The summed E-state index contributed by atoms with van der Waals surface area (Å²) >= 11 is 0. The Hall–Kier alpha value is -0.670. The van der Waals surface area contributed by atoms with Crippen molar-refractivity contribution in [1.82, 2.24) is 0 Å². The minimum atomic E-state index is -2.73. The monoisotopic (exact) mass is 391 g/mol. The molecule has 0 radical (unpaired) electrons. The maximum absolute atomic E-state index is 12.8. The first-order chi connectivity index (χ1) is 12.3. The van der Waals surface area contributed by atoms with Gasteiger partial charge < -0.3 is 0 Å². The molecule has 3 N–H and O–H groups in total. The SMILES string of the molecule is CCCCP(CCCC)(CCCC)(CCCC)OC(=O)[C@H](N)CC(=O)O. The van der Waals surface area contributed by atoms with Crippen LogP contribution in [0, 0.1) is 0 Å². The Morgan fingerprint density at radius 3 is 1.46 bits per heavy atom. The Kier molecular flexibility index (Phi) is 12.3. The second kappa shape index (κ2) is 12.7. The van der Waals surface area contributed by atoms with Crippen molar-refractivity contribution in [3.05, 3.63) is 0 Å². The number of carbonyl (C=O) groups excluding carboxylic acids is 1. The predicted octanol–water partition coefficient (Wildman–Crippen LogP) is 5.00. The first kappa shape index (κ1) is 25.3. The Balaban J connectivity index is 5.82. The molecule has 0 spiro atoms. The van der Waals surface area contributed by atoms with E-state index >= 15 is 0 Å². The van der Waals surface area contributed by atoms with E-state index in [9.17, 15) is 9.59 Å². The zero-order valence-electron chi connectivity index (χ0n) is 17.5. The summed E-state index contributed by atoms with van der Waals surface area (Å²) in [6, 6.07) is -1.07. The first-order valence-electron chi connectivity index (χ1n) is 10.5. The van der Waals surface area contributed by atoms with Gasteiger partial charge in [0.25, 0.3) is 0 Å². The van der Waals surface area contributed by atoms with Crippen LogP contribution in [-0.4, -0.2) is 47.7 Å². The number of carbonyl (C=O) groups is 2. The average Bonchev–Trinajstić information content (AvgIpc) is 2.61. The number of nitrogens with two attached hydrogens (primary N) is 1. The van der Waals surface area contributed by atoms with Crippen molar-refractivity contribution in [1.29, 1.82) is 0 Å². The van der Waals surface area contributed by atoms with Crippen LogP contribution in [0.4, 0.5) is 0 Å². The summed E-state index contributed by atoms with van der Waals surface area (Å²) in [5.74, 6) is -1.55. The molecular weight excluding hydrogens is 349 g/mol. The molecule has 0 saturated heterocycles. The molecule has 0 bridgehead atoms. The summed E-state index contributed by atoms with van der Waals surface area (Å²) in [7, 11) is 0. The third-order valence-electron chi connectivity index (χ3n) is 5.35. The third-order valence-corrected chi connectivity index (χ3v) is 11.8. The Labute approximate surface area is 160 Å². The molecule has 0 heterocycles. The number of hydrogen-bond donors (Lipinski definition) is 2. The summed E-state index contributed by atoms with van der Waals surface area (Å²) in [5, 5.41) is 8.98. The van der Waals surface area contributed by atoms with Crippen molar-refractivity contribution >= 4 is 18.8 Å². The van der Waals surface area contributed by atoms with E-state index in [1.807, 2.05) is 0 Å². The van der Waals surface area contributed by atoms with Gasteiger partial charge >= 0.3 is 160 Å². The molecule has 0 unspecified atom stereocenters. The standard InChI is InChI=1S/C20H42NO4P/c1-5-9-13-26(14-10-6-2,15-11-7-3,16-12-8-4)25-20(24)18(21)17-19(22)23/h18H,5-17,21H2,1-4H3,(H,22,23)/t18-/m1/s1. The second-order valence-electron chi connectivity index (χ2n) is 7.78. The molecule has 0 aliphatic carbocycles. The van der Waals surface area contributed by atoms with Crippen LogP contribution in [-0.2, 0) is 14.1 Å². The quantitative estimate of drug-likeness (QED) is 0.361. The second-order valence-corrected chi connectivity index (χ2v) is 13.5. The van der Waals surface area contributed by atoms with E-state index in [4.69, 9.17) is 15.4 Å². The van der Waals surface area contributed by atoms with Crippen molar-refractivity contribution in [2.24, 2.45) is 5.73 Å². The molecule has 156 valence electrons. The summed E-state index contributed by atoms with van der Waals surface area (Å²) in [6.45, 7) is 5.95. The van der Waals surface area contributed by atoms with Crippen molar-refractivity contribution in [2.45, 2.75) is 91.5 Å². The Bertz CT molecular complexity index is 385. The molecule has 0 aliphatic rings. The third kappa shape index (κ3) is 8.35.